The van der Waals surface area contributed by atoms with Gasteiger partial charge in [-0.15, -0.1) is 0 Å². The van der Waals surface area contributed by atoms with Crippen LogP contribution in [0.1, 0.15) is 34.8 Å². The molecule has 1 aliphatic rings. The lowest BCUT2D eigenvalue weighted by atomic mass is 9.82. The first-order chi connectivity index (χ1) is 12.6. The molecule has 130 valence electrons. The van der Waals surface area contributed by atoms with Gasteiger partial charge in [-0.25, -0.2) is 4.85 Å². The van der Waals surface area contributed by atoms with Crippen molar-refractivity contribution in [3.8, 4) is 17.4 Å². The number of aromatic hydroxyl groups is 1. The highest BCUT2D eigenvalue weighted by atomic mass is 32.1. The number of hydrogen-bond acceptors (Lipinski definition) is 4. The Kier molecular flexibility index (Phi) is 4.23. The largest absolute Gasteiger partial charge is 0.494 e. The van der Waals surface area contributed by atoms with Gasteiger partial charge in [0.15, 0.2) is 5.69 Å². The van der Waals surface area contributed by atoms with E-state index in [9.17, 15) is 9.90 Å². The Balaban J connectivity index is 1.63. The third-order valence-electron chi connectivity index (χ3n) is 4.60. The van der Waals surface area contributed by atoms with E-state index in [2.05, 4.69) is 9.83 Å². The molecule has 1 atom stereocenters. The number of aromatic nitrogens is 1. The van der Waals surface area contributed by atoms with Gasteiger partial charge in [-0.05, 0) is 54.7 Å². The Morgan fingerprint density at radius 1 is 1.19 bits per heavy atom. The van der Waals surface area contributed by atoms with E-state index in [4.69, 9.17) is 11.3 Å². The molecular weight excluding hydrogens is 348 g/mol. The summed E-state index contributed by atoms with van der Waals surface area (Å²) in [5.41, 5.74) is 2.89. The normalized spacial score (nSPS) is 15.9. The summed E-state index contributed by atoms with van der Waals surface area (Å²) in [6.45, 7) is 6.99. The van der Waals surface area contributed by atoms with Crippen molar-refractivity contribution < 1.29 is 9.84 Å². The highest BCUT2D eigenvalue weighted by molar-refractivity contribution is 7.09. The van der Waals surface area contributed by atoms with Crippen molar-refractivity contribution in [2.45, 2.75) is 25.2 Å². The molecule has 0 radical (unpaired) electrons. The van der Waals surface area contributed by atoms with Gasteiger partial charge in [-0.1, -0.05) is 29.5 Å². The summed E-state index contributed by atoms with van der Waals surface area (Å²) in [5.74, 6) is 1.45. The number of benzene rings is 2. The van der Waals surface area contributed by atoms with Gasteiger partial charge in [0.1, 0.15) is 11.5 Å². The fraction of sp³-hybridized carbons (Fsp3) is 0.200. The molecule has 2 N–H and O–H groups in total. The molecule has 0 bridgehead atoms. The maximum Gasteiger partial charge on any atom is 0.307 e. The predicted molar refractivity (Wildman–Crippen MR) is 101 cm³/mol. The zero-order chi connectivity index (χ0) is 18.1. The highest BCUT2D eigenvalue weighted by Crippen LogP contribution is 2.42. The maximum atomic E-state index is 11.5. The number of aromatic amines is 1. The molecule has 26 heavy (non-hydrogen) atoms. The van der Waals surface area contributed by atoms with Crippen molar-refractivity contribution in [2.24, 2.45) is 0 Å². The summed E-state index contributed by atoms with van der Waals surface area (Å²) >= 11 is 1.08. The Hall–Kier alpha value is -3.04. The molecule has 3 aromatic rings. The van der Waals surface area contributed by atoms with E-state index in [-0.39, 0.29) is 16.7 Å². The van der Waals surface area contributed by atoms with E-state index in [1.807, 2.05) is 18.2 Å². The van der Waals surface area contributed by atoms with Crippen LogP contribution in [-0.2, 0) is 6.42 Å². The van der Waals surface area contributed by atoms with E-state index < -0.39 is 0 Å². The first kappa shape index (κ1) is 16.4. The van der Waals surface area contributed by atoms with Crippen LogP contribution in [0.4, 0.5) is 5.69 Å². The SMILES string of the molecule is [C-]#[N+]c1ccc(Oc2ccc3c(c2)CCC[C@H]3c2sc(=O)[nH]c2O)cc1. The average Bonchev–Trinajstić information content (AvgIpc) is 2.99. The summed E-state index contributed by atoms with van der Waals surface area (Å²) in [4.78, 5) is 17.8. The van der Waals surface area contributed by atoms with Crippen LogP contribution in [0.15, 0.2) is 47.3 Å². The molecule has 1 aliphatic carbocycles. The van der Waals surface area contributed by atoms with E-state index >= 15 is 0 Å². The average molecular weight is 364 g/mol. The Morgan fingerprint density at radius 2 is 1.96 bits per heavy atom. The Morgan fingerprint density at radius 3 is 2.65 bits per heavy atom. The second kappa shape index (κ2) is 6.70. The number of aryl methyl sites for hydroxylation is 1. The minimum Gasteiger partial charge on any atom is -0.494 e. The monoisotopic (exact) mass is 364 g/mol. The molecule has 2 aromatic carbocycles. The van der Waals surface area contributed by atoms with Crippen LogP contribution in [0.2, 0.25) is 0 Å². The smallest absolute Gasteiger partial charge is 0.307 e. The fourth-order valence-corrected chi connectivity index (χ4v) is 4.30. The van der Waals surface area contributed by atoms with Crippen LogP contribution in [0.3, 0.4) is 0 Å². The third-order valence-corrected chi connectivity index (χ3v) is 5.59. The second-order valence-corrected chi connectivity index (χ2v) is 7.26. The summed E-state index contributed by atoms with van der Waals surface area (Å²) in [5, 5.41) is 10.0. The topological polar surface area (TPSA) is 66.7 Å². The van der Waals surface area contributed by atoms with Crippen molar-refractivity contribution in [1.29, 1.82) is 0 Å². The number of ether oxygens (including phenoxy) is 1. The van der Waals surface area contributed by atoms with Crippen LogP contribution in [0.25, 0.3) is 4.85 Å². The zero-order valence-corrected chi connectivity index (χ0v) is 14.7. The van der Waals surface area contributed by atoms with Crippen molar-refractivity contribution in [3.63, 3.8) is 0 Å². The van der Waals surface area contributed by atoms with E-state index in [0.29, 0.717) is 16.3 Å². The van der Waals surface area contributed by atoms with E-state index in [1.165, 1.54) is 5.56 Å². The van der Waals surface area contributed by atoms with Crippen LogP contribution in [-0.4, -0.2) is 10.1 Å². The van der Waals surface area contributed by atoms with Gasteiger partial charge in [0.25, 0.3) is 0 Å². The van der Waals surface area contributed by atoms with Crippen LogP contribution in [0.5, 0.6) is 17.4 Å². The van der Waals surface area contributed by atoms with E-state index in [1.54, 1.807) is 24.3 Å². The molecular formula is C20H16N2O3S. The minimum atomic E-state index is -0.229. The standard InChI is InChI=1S/C20H16N2O3S/c1-21-13-5-7-14(8-6-13)25-15-9-10-16-12(11-15)3-2-4-17(16)18-19(23)22-20(24)26-18/h5-11,17,23H,2-4H2,(H,22,24)/t17-/m1/s1. The molecule has 0 spiro atoms. The van der Waals surface area contributed by atoms with Gasteiger partial charge < -0.3 is 9.84 Å². The molecule has 0 amide bonds. The summed E-state index contributed by atoms with van der Waals surface area (Å²) in [6.07, 6.45) is 2.85. The summed E-state index contributed by atoms with van der Waals surface area (Å²) in [7, 11) is 0. The van der Waals surface area contributed by atoms with Gasteiger partial charge in [-0.2, -0.15) is 0 Å². The van der Waals surface area contributed by atoms with Crippen molar-refractivity contribution >= 4 is 17.0 Å². The van der Waals surface area contributed by atoms with Gasteiger partial charge in [-0.3, -0.25) is 9.78 Å². The molecule has 0 aliphatic heterocycles. The first-order valence-corrected chi connectivity index (χ1v) is 9.16. The quantitative estimate of drug-likeness (QED) is 0.646. The minimum absolute atomic E-state index is 0.0157. The lowest BCUT2D eigenvalue weighted by Gasteiger charge is -2.25. The lowest BCUT2D eigenvalue weighted by molar-refractivity contribution is 0.443. The first-order valence-electron chi connectivity index (χ1n) is 8.34. The van der Waals surface area contributed by atoms with Gasteiger partial charge in [0, 0.05) is 5.92 Å². The van der Waals surface area contributed by atoms with Crippen LogP contribution >= 0.6 is 11.3 Å². The second-order valence-electron chi connectivity index (χ2n) is 6.24. The number of hydrogen-bond donors (Lipinski definition) is 2. The van der Waals surface area contributed by atoms with Gasteiger partial charge in [0.05, 0.1) is 11.4 Å². The molecule has 0 saturated carbocycles. The fourth-order valence-electron chi connectivity index (χ4n) is 3.42. The number of nitrogens with one attached hydrogen (secondary N) is 1. The maximum absolute atomic E-state index is 11.5. The van der Waals surface area contributed by atoms with Crippen molar-refractivity contribution in [2.75, 3.05) is 0 Å². The van der Waals surface area contributed by atoms with Crippen molar-refractivity contribution in [1.82, 2.24) is 4.98 Å². The number of rotatable bonds is 3. The van der Waals surface area contributed by atoms with Crippen LogP contribution in [0, 0.1) is 6.57 Å². The van der Waals surface area contributed by atoms with Gasteiger partial charge >= 0.3 is 4.87 Å². The van der Waals surface area contributed by atoms with E-state index in [0.717, 1.165) is 41.9 Å². The van der Waals surface area contributed by atoms with Crippen LogP contribution < -0.4 is 9.61 Å². The lowest BCUT2D eigenvalue weighted by Crippen LogP contribution is -2.10. The molecule has 4 rings (SSSR count). The number of H-pyrrole nitrogens is 1. The molecule has 1 aromatic heterocycles. The number of thiazole rings is 1. The van der Waals surface area contributed by atoms with Crippen molar-refractivity contribution in [3.05, 3.63) is 79.6 Å². The molecule has 6 heteroatoms. The third kappa shape index (κ3) is 3.09. The highest BCUT2D eigenvalue weighted by Gasteiger charge is 2.26. The zero-order valence-electron chi connectivity index (χ0n) is 13.9. The molecule has 0 saturated heterocycles. The Labute approximate surface area is 154 Å². The summed E-state index contributed by atoms with van der Waals surface area (Å²) in [6, 6.07) is 13.0. The van der Waals surface area contributed by atoms with Gasteiger partial charge in [0.2, 0.25) is 5.88 Å². The Bertz CT molecular complexity index is 1040. The summed E-state index contributed by atoms with van der Waals surface area (Å²) < 4.78 is 5.91. The number of nitrogens with zero attached hydrogens (tertiary/aromatic N) is 1. The molecule has 5 nitrogen and oxygen atoms in total. The molecule has 0 unspecified atom stereocenters. The predicted octanol–water partition coefficient (Wildman–Crippen LogP) is 4.95. The molecule has 0 fully saturated rings. The molecule has 1 heterocycles. The number of fused-ring (bicyclic) bond motifs is 1.